The maximum absolute atomic E-state index is 10.9. The van der Waals surface area contributed by atoms with Gasteiger partial charge >= 0.3 is 0 Å². The van der Waals surface area contributed by atoms with Crippen LogP contribution in [0.5, 0.6) is 0 Å². The summed E-state index contributed by atoms with van der Waals surface area (Å²) in [5.74, 6) is 1.26. The van der Waals surface area contributed by atoms with Crippen LogP contribution in [0.25, 0.3) is 11.4 Å². The number of aryl methyl sites for hydroxylation is 2. The third-order valence-electron chi connectivity index (χ3n) is 3.87. The number of aromatic nitrogens is 3. The molecule has 1 N–H and O–H groups in total. The second-order valence-electron chi connectivity index (χ2n) is 5.90. The predicted molar refractivity (Wildman–Crippen MR) is 93.0 cm³/mol. The SMILES string of the molecule is Cc1cccc(-c2nc(C)nn2C[C@H](O)c2cccc([N+](=O)[O-])c2)c1. The maximum atomic E-state index is 10.9. The lowest BCUT2D eigenvalue weighted by Gasteiger charge is -2.13. The minimum atomic E-state index is -0.926. The van der Waals surface area contributed by atoms with Crippen molar-refractivity contribution in [2.24, 2.45) is 0 Å². The van der Waals surface area contributed by atoms with Gasteiger partial charge in [-0.1, -0.05) is 35.9 Å². The molecule has 0 radical (unpaired) electrons. The average molecular weight is 338 g/mol. The van der Waals surface area contributed by atoms with Crippen molar-refractivity contribution in [3.05, 3.63) is 75.6 Å². The summed E-state index contributed by atoms with van der Waals surface area (Å²) in [6.45, 7) is 3.94. The van der Waals surface area contributed by atoms with Crippen molar-refractivity contribution in [2.75, 3.05) is 0 Å². The Morgan fingerprint density at radius 3 is 2.68 bits per heavy atom. The summed E-state index contributed by atoms with van der Waals surface area (Å²) < 4.78 is 1.63. The zero-order valence-corrected chi connectivity index (χ0v) is 14.0. The van der Waals surface area contributed by atoms with Gasteiger partial charge < -0.3 is 5.11 Å². The van der Waals surface area contributed by atoms with Gasteiger partial charge in [0.15, 0.2) is 5.82 Å². The van der Waals surface area contributed by atoms with Crippen LogP contribution in [0.4, 0.5) is 5.69 Å². The van der Waals surface area contributed by atoms with Crippen LogP contribution >= 0.6 is 0 Å². The molecule has 0 aliphatic carbocycles. The van der Waals surface area contributed by atoms with Gasteiger partial charge in [0.2, 0.25) is 0 Å². The second-order valence-corrected chi connectivity index (χ2v) is 5.90. The molecule has 0 spiro atoms. The number of benzene rings is 2. The summed E-state index contributed by atoms with van der Waals surface area (Å²) in [5.41, 5.74) is 2.43. The first-order valence-corrected chi connectivity index (χ1v) is 7.85. The smallest absolute Gasteiger partial charge is 0.269 e. The molecule has 7 heteroatoms. The molecule has 128 valence electrons. The quantitative estimate of drug-likeness (QED) is 0.569. The van der Waals surface area contributed by atoms with Gasteiger partial charge in [0.05, 0.1) is 17.6 Å². The summed E-state index contributed by atoms with van der Waals surface area (Å²) in [6, 6.07) is 13.9. The van der Waals surface area contributed by atoms with Crippen LogP contribution in [0, 0.1) is 24.0 Å². The van der Waals surface area contributed by atoms with Crippen LogP contribution in [0.1, 0.15) is 23.1 Å². The van der Waals surface area contributed by atoms with E-state index in [1.165, 1.54) is 12.1 Å². The van der Waals surface area contributed by atoms with Crippen molar-refractivity contribution < 1.29 is 10.0 Å². The van der Waals surface area contributed by atoms with Gasteiger partial charge in [-0.3, -0.25) is 10.1 Å². The Hall–Kier alpha value is -3.06. The molecule has 0 aliphatic heterocycles. The van der Waals surface area contributed by atoms with Gasteiger partial charge in [-0.2, -0.15) is 5.10 Å². The fourth-order valence-electron chi connectivity index (χ4n) is 2.70. The number of nitro benzene ring substituents is 1. The molecule has 0 amide bonds. The van der Waals surface area contributed by atoms with Crippen molar-refractivity contribution in [2.45, 2.75) is 26.5 Å². The average Bonchev–Trinajstić information content (AvgIpc) is 2.95. The largest absolute Gasteiger partial charge is 0.386 e. The predicted octanol–water partition coefficient (Wildman–Crippen LogP) is 3.20. The van der Waals surface area contributed by atoms with E-state index in [1.54, 1.807) is 23.7 Å². The Morgan fingerprint density at radius 1 is 1.20 bits per heavy atom. The van der Waals surface area contributed by atoms with Crippen LogP contribution in [-0.2, 0) is 6.54 Å². The highest BCUT2D eigenvalue weighted by Crippen LogP contribution is 2.24. The molecular weight excluding hydrogens is 320 g/mol. The molecule has 0 saturated heterocycles. The van der Waals surface area contributed by atoms with E-state index >= 15 is 0 Å². The van der Waals surface area contributed by atoms with Crippen molar-refractivity contribution >= 4 is 5.69 Å². The molecule has 0 aliphatic rings. The topological polar surface area (TPSA) is 94.1 Å². The van der Waals surface area contributed by atoms with Crippen molar-refractivity contribution in [3.63, 3.8) is 0 Å². The van der Waals surface area contributed by atoms with Crippen LogP contribution < -0.4 is 0 Å². The third-order valence-corrected chi connectivity index (χ3v) is 3.87. The fourth-order valence-corrected chi connectivity index (χ4v) is 2.70. The third kappa shape index (κ3) is 3.72. The number of nitro groups is 1. The lowest BCUT2D eigenvalue weighted by molar-refractivity contribution is -0.385. The summed E-state index contributed by atoms with van der Waals surface area (Å²) in [6.07, 6.45) is -0.926. The normalized spacial score (nSPS) is 12.1. The van der Waals surface area contributed by atoms with Crippen molar-refractivity contribution in [1.82, 2.24) is 14.8 Å². The highest BCUT2D eigenvalue weighted by molar-refractivity contribution is 5.56. The van der Waals surface area contributed by atoms with Gasteiger partial charge in [-0.25, -0.2) is 9.67 Å². The van der Waals surface area contributed by atoms with E-state index in [9.17, 15) is 15.2 Å². The van der Waals surface area contributed by atoms with E-state index < -0.39 is 11.0 Å². The summed E-state index contributed by atoms with van der Waals surface area (Å²) in [4.78, 5) is 14.9. The molecule has 0 fully saturated rings. The molecular formula is C18H18N4O3. The van der Waals surface area contributed by atoms with E-state index in [-0.39, 0.29) is 12.2 Å². The van der Waals surface area contributed by atoms with Gasteiger partial charge in [0, 0.05) is 17.7 Å². The van der Waals surface area contributed by atoms with E-state index in [1.807, 2.05) is 31.2 Å². The number of hydrogen-bond acceptors (Lipinski definition) is 5. The Balaban J connectivity index is 1.91. The standard InChI is InChI=1S/C18H18N4O3/c1-12-5-3-7-15(9-12)18-19-13(2)20-21(18)11-17(23)14-6-4-8-16(10-14)22(24)25/h3-10,17,23H,11H2,1-2H3/t17-/m0/s1. The molecule has 0 unspecified atom stereocenters. The number of non-ortho nitro benzene ring substituents is 1. The molecule has 0 saturated carbocycles. The monoisotopic (exact) mass is 338 g/mol. The lowest BCUT2D eigenvalue weighted by Crippen LogP contribution is -2.11. The van der Waals surface area contributed by atoms with E-state index in [4.69, 9.17) is 0 Å². The fraction of sp³-hybridized carbons (Fsp3) is 0.222. The van der Waals surface area contributed by atoms with Crippen LogP contribution in [0.15, 0.2) is 48.5 Å². The highest BCUT2D eigenvalue weighted by Gasteiger charge is 2.17. The highest BCUT2D eigenvalue weighted by atomic mass is 16.6. The van der Waals surface area contributed by atoms with Gasteiger partial charge in [-0.05, 0) is 25.5 Å². The Morgan fingerprint density at radius 2 is 1.96 bits per heavy atom. The number of rotatable bonds is 5. The van der Waals surface area contributed by atoms with E-state index in [0.717, 1.165) is 11.1 Å². The number of nitrogens with zero attached hydrogens (tertiary/aromatic N) is 4. The molecule has 1 aromatic heterocycles. The first-order chi connectivity index (χ1) is 11.9. The lowest BCUT2D eigenvalue weighted by atomic mass is 10.1. The maximum Gasteiger partial charge on any atom is 0.269 e. The minimum absolute atomic E-state index is 0.0507. The van der Waals surface area contributed by atoms with Crippen molar-refractivity contribution in [3.8, 4) is 11.4 Å². The Bertz CT molecular complexity index is 920. The molecule has 7 nitrogen and oxygen atoms in total. The molecule has 3 rings (SSSR count). The van der Waals surface area contributed by atoms with Crippen LogP contribution in [0.3, 0.4) is 0 Å². The van der Waals surface area contributed by atoms with Gasteiger partial charge in [0.25, 0.3) is 5.69 Å². The summed E-state index contributed by atoms with van der Waals surface area (Å²) >= 11 is 0. The first kappa shape index (κ1) is 16.8. The number of aliphatic hydroxyl groups is 1. The Kier molecular flexibility index (Phi) is 4.58. The Labute approximate surface area is 144 Å². The van der Waals surface area contributed by atoms with Gasteiger partial charge in [-0.15, -0.1) is 0 Å². The van der Waals surface area contributed by atoms with Crippen molar-refractivity contribution in [1.29, 1.82) is 0 Å². The summed E-state index contributed by atoms with van der Waals surface area (Å²) in [7, 11) is 0. The molecule has 2 aromatic carbocycles. The van der Waals surface area contributed by atoms with E-state index in [0.29, 0.717) is 17.2 Å². The molecule has 1 atom stereocenters. The van der Waals surface area contributed by atoms with Crippen LogP contribution in [0.2, 0.25) is 0 Å². The molecule has 3 aromatic rings. The van der Waals surface area contributed by atoms with Gasteiger partial charge in [0.1, 0.15) is 5.82 Å². The molecule has 0 bridgehead atoms. The minimum Gasteiger partial charge on any atom is -0.386 e. The van der Waals surface area contributed by atoms with Crippen LogP contribution in [-0.4, -0.2) is 24.8 Å². The number of aliphatic hydroxyl groups excluding tert-OH is 1. The summed E-state index contributed by atoms with van der Waals surface area (Å²) in [5, 5.41) is 25.8. The first-order valence-electron chi connectivity index (χ1n) is 7.85. The zero-order valence-electron chi connectivity index (χ0n) is 14.0. The molecule has 25 heavy (non-hydrogen) atoms. The van der Waals surface area contributed by atoms with E-state index in [2.05, 4.69) is 10.1 Å². The number of hydrogen-bond donors (Lipinski definition) is 1. The zero-order chi connectivity index (χ0) is 18.0. The second kappa shape index (κ2) is 6.82. The molecule has 1 heterocycles.